The first kappa shape index (κ1) is 13.8. The van der Waals surface area contributed by atoms with Gasteiger partial charge in [0.05, 0.1) is 6.20 Å². The van der Waals surface area contributed by atoms with E-state index in [1.165, 1.54) is 25.1 Å². The van der Waals surface area contributed by atoms with Gasteiger partial charge in [0, 0.05) is 12.1 Å². The van der Waals surface area contributed by atoms with Gasteiger partial charge in [0.15, 0.2) is 11.6 Å². The van der Waals surface area contributed by atoms with E-state index in [2.05, 4.69) is 15.3 Å². The maximum Gasteiger partial charge on any atom is 0.335 e. The van der Waals surface area contributed by atoms with Crippen molar-refractivity contribution < 1.29 is 9.53 Å². The maximum atomic E-state index is 11.5. The quantitative estimate of drug-likeness (QED) is 0.522. The molecule has 1 aromatic heterocycles. The van der Waals surface area contributed by atoms with Crippen LogP contribution in [-0.2, 0) is 4.79 Å². The van der Waals surface area contributed by atoms with Crippen molar-refractivity contribution >= 4 is 23.4 Å². The Balaban J connectivity index is 2.14. The largest absolute Gasteiger partial charge is 0.418 e. The first-order valence-electron chi connectivity index (χ1n) is 6.32. The molecule has 0 spiro atoms. The van der Waals surface area contributed by atoms with Crippen LogP contribution in [-0.4, -0.2) is 22.0 Å². The summed E-state index contributed by atoms with van der Waals surface area (Å²) in [6, 6.07) is 0.352. The summed E-state index contributed by atoms with van der Waals surface area (Å²) < 4.78 is 5.18. The van der Waals surface area contributed by atoms with E-state index < -0.39 is 5.97 Å². The Kier molecular flexibility index (Phi) is 4.74. The minimum absolute atomic E-state index is 0.131. The summed E-state index contributed by atoms with van der Waals surface area (Å²) in [6.07, 6.45) is 8.94. The summed E-state index contributed by atoms with van der Waals surface area (Å²) >= 11 is 5.78. The maximum absolute atomic E-state index is 11.5. The van der Waals surface area contributed by atoms with Crippen LogP contribution in [0.1, 0.15) is 32.6 Å². The number of esters is 1. The lowest BCUT2D eigenvalue weighted by atomic mass is 10.2. The predicted octanol–water partition coefficient (Wildman–Crippen LogP) is 2.97. The molecule has 0 unspecified atom stereocenters. The average Bonchev–Trinajstić information content (AvgIpc) is 2.86. The zero-order chi connectivity index (χ0) is 13.7. The standard InChI is InChI=1S/C13H16ClN3O2/c1-2-5-11(18)19-10-8-15-13(14)17-12(10)16-9-6-3-4-7-9/h2,5,8-9H,3-4,6-7H2,1H3,(H,15,16,17). The number of ether oxygens (including phenoxy) is 1. The molecule has 0 saturated heterocycles. The summed E-state index contributed by atoms with van der Waals surface area (Å²) in [5.41, 5.74) is 0. The highest BCUT2D eigenvalue weighted by Gasteiger charge is 2.18. The average molecular weight is 282 g/mol. The Labute approximate surface area is 117 Å². The lowest BCUT2D eigenvalue weighted by molar-refractivity contribution is -0.129. The van der Waals surface area contributed by atoms with Gasteiger partial charge in [-0.2, -0.15) is 4.98 Å². The SMILES string of the molecule is CC=CC(=O)Oc1cnc(Cl)nc1NC1CCCC1. The van der Waals surface area contributed by atoms with E-state index in [1.807, 2.05) is 0 Å². The monoisotopic (exact) mass is 281 g/mol. The van der Waals surface area contributed by atoms with Crippen molar-refractivity contribution in [1.29, 1.82) is 0 Å². The first-order chi connectivity index (χ1) is 9.19. The van der Waals surface area contributed by atoms with Gasteiger partial charge >= 0.3 is 5.97 Å². The number of hydrogen-bond donors (Lipinski definition) is 1. The van der Waals surface area contributed by atoms with E-state index in [9.17, 15) is 4.79 Å². The minimum atomic E-state index is -0.456. The molecule has 0 bridgehead atoms. The van der Waals surface area contributed by atoms with Gasteiger partial charge < -0.3 is 10.1 Å². The molecule has 0 amide bonds. The number of carbonyl (C=O) groups excluding carboxylic acids is 1. The van der Waals surface area contributed by atoms with Crippen LogP contribution in [0, 0.1) is 0 Å². The second-order valence-electron chi connectivity index (χ2n) is 4.40. The van der Waals surface area contributed by atoms with Crippen molar-refractivity contribution in [2.45, 2.75) is 38.6 Å². The molecule has 0 atom stereocenters. The van der Waals surface area contributed by atoms with Crippen molar-refractivity contribution in [3.63, 3.8) is 0 Å². The molecule has 1 aliphatic carbocycles. The summed E-state index contributed by atoms with van der Waals surface area (Å²) in [5, 5.41) is 3.39. The summed E-state index contributed by atoms with van der Waals surface area (Å²) in [5.74, 6) is 0.326. The molecule has 2 rings (SSSR count). The van der Waals surface area contributed by atoms with Crippen LogP contribution >= 0.6 is 11.6 Å². The third-order valence-electron chi connectivity index (χ3n) is 2.94. The fourth-order valence-electron chi connectivity index (χ4n) is 2.07. The molecule has 1 aliphatic rings. The normalized spacial score (nSPS) is 15.9. The fraction of sp³-hybridized carbons (Fsp3) is 0.462. The van der Waals surface area contributed by atoms with Crippen LogP contribution in [0.25, 0.3) is 0 Å². The van der Waals surface area contributed by atoms with Gasteiger partial charge in [0.25, 0.3) is 0 Å². The number of nitrogens with zero attached hydrogens (tertiary/aromatic N) is 2. The Hall–Kier alpha value is -1.62. The number of aromatic nitrogens is 2. The van der Waals surface area contributed by atoms with Crippen molar-refractivity contribution in [3.05, 3.63) is 23.6 Å². The number of rotatable bonds is 4. The highest BCUT2D eigenvalue weighted by Crippen LogP contribution is 2.27. The van der Waals surface area contributed by atoms with Crippen LogP contribution < -0.4 is 10.1 Å². The molecular weight excluding hydrogens is 266 g/mol. The predicted molar refractivity (Wildman–Crippen MR) is 73.4 cm³/mol. The second kappa shape index (κ2) is 6.52. The van der Waals surface area contributed by atoms with Gasteiger partial charge in [-0.3, -0.25) is 0 Å². The molecule has 0 aromatic carbocycles. The molecule has 0 radical (unpaired) electrons. The highest BCUT2D eigenvalue weighted by atomic mass is 35.5. The molecule has 5 nitrogen and oxygen atoms in total. The van der Waals surface area contributed by atoms with Crippen molar-refractivity contribution in [2.75, 3.05) is 5.32 Å². The molecule has 19 heavy (non-hydrogen) atoms. The molecule has 1 fully saturated rings. The number of allylic oxidation sites excluding steroid dienone is 1. The third-order valence-corrected chi connectivity index (χ3v) is 3.12. The summed E-state index contributed by atoms with van der Waals surface area (Å²) in [7, 11) is 0. The lowest BCUT2D eigenvalue weighted by Crippen LogP contribution is -2.17. The van der Waals surface area contributed by atoms with Gasteiger partial charge in [0.2, 0.25) is 5.28 Å². The molecule has 0 aliphatic heterocycles. The van der Waals surface area contributed by atoms with Crippen LogP contribution in [0.3, 0.4) is 0 Å². The number of hydrogen-bond acceptors (Lipinski definition) is 5. The van der Waals surface area contributed by atoms with Gasteiger partial charge in [-0.1, -0.05) is 18.9 Å². The number of nitrogens with one attached hydrogen (secondary N) is 1. The Morgan fingerprint density at radius 2 is 2.26 bits per heavy atom. The van der Waals surface area contributed by atoms with Gasteiger partial charge in [-0.15, -0.1) is 0 Å². The van der Waals surface area contributed by atoms with Crippen molar-refractivity contribution in [2.24, 2.45) is 0 Å². The highest BCUT2D eigenvalue weighted by molar-refractivity contribution is 6.28. The van der Waals surface area contributed by atoms with E-state index >= 15 is 0 Å². The fourth-order valence-corrected chi connectivity index (χ4v) is 2.20. The molecular formula is C13H16ClN3O2. The molecule has 1 aromatic rings. The van der Waals surface area contributed by atoms with Crippen molar-refractivity contribution in [1.82, 2.24) is 9.97 Å². The van der Waals surface area contributed by atoms with Crippen LogP contribution in [0.2, 0.25) is 5.28 Å². The van der Waals surface area contributed by atoms with E-state index in [4.69, 9.17) is 16.3 Å². The Morgan fingerprint density at radius 3 is 2.95 bits per heavy atom. The van der Waals surface area contributed by atoms with Gasteiger partial charge in [-0.25, -0.2) is 9.78 Å². The van der Waals surface area contributed by atoms with Gasteiger partial charge in [0.1, 0.15) is 0 Å². The Bertz CT molecular complexity index is 485. The van der Waals surface area contributed by atoms with Gasteiger partial charge in [-0.05, 0) is 31.4 Å². The summed E-state index contributed by atoms with van der Waals surface area (Å²) in [4.78, 5) is 19.4. The Morgan fingerprint density at radius 1 is 1.53 bits per heavy atom. The van der Waals surface area contributed by atoms with Crippen LogP contribution in [0.4, 0.5) is 5.82 Å². The van der Waals surface area contributed by atoms with E-state index in [0.29, 0.717) is 17.6 Å². The lowest BCUT2D eigenvalue weighted by Gasteiger charge is -2.15. The molecule has 1 N–H and O–H groups in total. The summed E-state index contributed by atoms with van der Waals surface area (Å²) in [6.45, 7) is 1.75. The topological polar surface area (TPSA) is 64.1 Å². The zero-order valence-corrected chi connectivity index (χ0v) is 11.5. The third kappa shape index (κ3) is 3.92. The first-order valence-corrected chi connectivity index (χ1v) is 6.70. The molecule has 1 heterocycles. The minimum Gasteiger partial charge on any atom is -0.418 e. The van der Waals surface area contributed by atoms with E-state index in [-0.39, 0.29) is 5.28 Å². The van der Waals surface area contributed by atoms with E-state index in [1.54, 1.807) is 13.0 Å². The number of halogens is 1. The second-order valence-corrected chi connectivity index (χ2v) is 4.74. The number of carbonyl (C=O) groups is 1. The zero-order valence-electron chi connectivity index (χ0n) is 10.7. The number of anilines is 1. The van der Waals surface area contributed by atoms with E-state index in [0.717, 1.165) is 12.8 Å². The molecule has 1 saturated carbocycles. The molecule has 6 heteroatoms. The molecule has 102 valence electrons. The van der Waals surface area contributed by atoms with Crippen LogP contribution in [0.5, 0.6) is 5.75 Å². The van der Waals surface area contributed by atoms with Crippen LogP contribution in [0.15, 0.2) is 18.3 Å². The van der Waals surface area contributed by atoms with Crippen molar-refractivity contribution in [3.8, 4) is 5.75 Å². The smallest absolute Gasteiger partial charge is 0.335 e.